The Hall–Kier alpha value is -1.84. The van der Waals surface area contributed by atoms with Crippen LogP contribution in [-0.4, -0.2) is 12.2 Å². The minimum absolute atomic E-state index is 0.210. The zero-order valence-electron chi connectivity index (χ0n) is 9.69. The highest BCUT2D eigenvalue weighted by molar-refractivity contribution is 6.40. The Kier molecular flexibility index (Phi) is 4.20. The lowest BCUT2D eigenvalue weighted by molar-refractivity contribution is 0.102. The van der Waals surface area contributed by atoms with Crippen LogP contribution in [0.15, 0.2) is 42.5 Å². The number of rotatable bonds is 3. The summed E-state index contributed by atoms with van der Waals surface area (Å²) in [6.45, 7) is 0. The van der Waals surface area contributed by atoms with Gasteiger partial charge in [-0.25, -0.2) is 0 Å². The van der Waals surface area contributed by atoms with E-state index in [4.69, 9.17) is 23.2 Å². The molecule has 0 heterocycles. The van der Waals surface area contributed by atoms with E-state index in [1.807, 2.05) is 0 Å². The van der Waals surface area contributed by atoms with Crippen LogP contribution in [0.3, 0.4) is 0 Å². The molecule has 1 N–H and O–H groups in total. The highest BCUT2D eigenvalue weighted by atomic mass is 35.5. The van der Waals surface area contributed by atoms with E-state index < -0.39 is 5.91 Å². The zero-order chi connectivity index (χ0) is 13.8. The zero-order valence-corrected chi connectivity index (χ0v) is 11.2. The molecule has 0 aliphatic carbocycles. The van der Waals surface area contributed by atoms with Crippen molar-refractivity contribution in [3.63, 3.8) is 0 Å². The molecule has 0 unspecified atom stereocenters. The fraction of sp³-hybridized carbons (Fsp3) is 0. The third-order valence-electron chi connectivity index (χ3n) is 2.47. The second kappa shape index (κ2) is 5.87. The molecular formula is C14H9Cl2NO2. The molecular weight excluding hydrogens is 285 g/mol. The number of amides is 1. The number of halogens is 2. The molecule has 0 spiro atoms. The first-order valence-electron chi connectivity index (χ1n) is 5.42. The molecule has 0 fully saturated rings. The third-order valence-corrected chi connectivity index (χ3v) is 3.10. The Morgan fingerprint density at radius 1 is 1.05 bits per heavy atom. The van der Waals surface area contributed by atoms with Crippen LogP contribution in [0.4, 0.5) is 5.69 Å². The topological polar surface area (TPSA) is 46.2 Å². The standard InChI is InChI=1S/C14H9Cl2NO2/c15-11-5-2-6-12(16)13(11)14(19)17-10-4-1-3-9(7-10)8-18/h1-8H,(H,17,19). The van der Waals surface area contributed by atoms with E-state index in [0.29, 0.717) is 17.5 Å². The van der Waals surface area contributed by atoms with Gasteiger partial charge in [-0.3, -0.25) is 9.59 Å². The van der Waals surface area contributed by atoms with Crippen molar-refractivity contribution in [3.8, 4) is 0 Å². The molecule has 0 atom stereocenters. The predicted octanol–water partition coefficient (Wildman–Crippen LogP) is 4.06. The Bertz CT molecular complexity index is 621. The van der Waals surface area contributed by atoms with Crippen LogP contribution in [0.25, 0.3) is 0 Å². The molecule has 5 heteroatoms. The first kappa shape index (κ1) is 13.6. The normalized spacial score (nSPS) is 10.0. The van der Waals surface area contributed by atoms with Gasteiger partial charge in [0.05, 0.1) is 15.6 Å². The third kappa shape index (κ3) is 3.13. The van der Waals surface area contributed by atoms with Crippen molar-refractivity contribution < 1.29 is 9.59 Å². The average molecular weight is 294 g/mol. The van der Waals surface area contributed by atoms with Gasteiger partial charge in [-0.05, 0) is 24.3 Å². The van der Waals surface area contributed by atoms with Crippen LogP contribution < -0.4 is 5.32 Å². The van der Waals surface area contributed by atoms with Crippen molar-refractivity contribution in [2.45, 2.75) is 0 Å². The van der Waals surface area contributed by atoms with Crippen LogP contribution in [0.2, 0.25) is 10.0 Å². The number of carbonyl (C=O) groups is 2. The summed E-state index contributed by atoms with van der Waals surface area (Å²) in [5.41, 5.74) is 1.19. The summed E-state index contributed by atoms with van der Waals surface area (Å²) in [6.07, 6.45) is 0.706. The summed E-state index contributed by atoms with van der Waals surface area (Å²) < 4.78 is 0. The SMILES string of the molecule is O=Cc1cccc(NC(=O)c2c(Cl)cccc2Cl)c1. The molecule has 1 amide bonds. The van der Waals surface area contributed by atoms with E-state index >= 15 is 0 Å². The van der Waals surface area contributed by atoms with Gasteiger partial charge < -0.3 is 5.32 Å². The largest absolute Gasteiger partial charge is 0.322 e. The minimum Gasteiger partial charge on any atom is -0.322 e. The molecule has 2 aromatic rings. The number of benzene rings is 2. The molecule has 0 saturated carbocycles. The Balaban J connectivity index is 2.28. The van der Waals surface area contributed by atoms with Crippen molar-refractivity contribution in [2.75, 3.05) is 5.32 Å². The molecule has 0 aliphatic heterocycles. The molecule has 0 aromatic heterocycles. The highest BCUT2D eigenvalue weighted by Crippen LogP contribution is 2.25. The number of hydrogen-bond acceptors (Lipinski definition) is 2. The molecule has 0 aliphatic rings. The average Bonchev–Trinajstić information content (AvgIpc) is 2.38. The second-order valence-electron chi connectivity index (χ2n) is 3.79. The fourth-order valence-electron chi connectivity index (χ4n) is 1.60. The summed E-state index contributed by atoms with van der Waals surface area (Å²) in [5, 5.41) is 3.20. The van der Waals surface area contributed by atoms with Gasteiger partial charge in [0.2, 0.25) is 0 Å². The lowest BCUT2D eigenvalue weighted by Crippen LogP contribution is -2.13. The summed E-state index contributed by atoms with van der Waals surface area (Å²) in [7, 11) is 0. The quantitative estimate of drug-likeness (QED) is 0.868. The fourth-order valence-corrected chi connectivity index (χ4v) is 2.17. The van der Waals surface area contributed by atoms with Crippen LogP contribution in [-0.2, 0) is 0 Å². The number of nitrogens with one attached hydrogen (secondary N) is 1. The van der Waals surface area contributed by atoms with Gasteiger partial charge in [0.15, 0.2) is 0 Å². The van der Waals surface area contributed by atoms with Crippen molar-refractivity contribution in [1.82, 2.24) is 0 Å². The monoisotopic (exact) mass is 293 g/mol. The summed E-state index contributed by atoms with van der Waals surface area (Å²) in [5.74, 6) is -0.418. The van der Waals surface area contributed by atoms with Gasteiger partial charge in [0, 0.05) is 11.3 Å². The van der Waals surface area contributed by atoms with Crippen molar-refractivity contribution in [1.29, 1.82) is 0 Å². The maximum atomic E-state index is 12.1. The smallest absolute Gasteiger partial charge is 0.258 e. The molecule has 2 aromatic carbocycles. The Labute approximate surface area is 120 Å². The van der Waals surface area contributed by atoms with Crippen LogP contribution in [0.1, 0.15) is 20.7 Å². The van der Waals surface area contributed by atoms with E-state index in [2.05, 4.69) is 5.32 Å². The predicted molar refractivity (Wildman–Crippen MR) is 76.2 cm³/mol. The van der Waals surface area contributed by atoms with Crippen molar-refractivity contribution >= 4 is 41.1 Å². The first-order chi connectivity index (χ1) is 9.11. The molecule has 96 valence electrons. The van der Waals surface area contributed by atoms with E-state index in [-0.39, 0.29) is 15.6 Å². The van der Waals surface area contributed by atoms with Crippen LogP contribution >= 0.6 is 23.2 Å². The molecule has 2 rings (SSSR count). The second-order valence-corrected chi connectivity index (χ2v) is 4.61. The first-order valence-corrected chi connectivity index (χ1v) is 6.18. The van der Waals surface area contributed by atoms with Crippen molar-refractivity contribution in [3.05, 3.63) is 63.6 Å². The number of anilines is 1. The highest BCUT2D eigenvalue weighted by Gasteiger charge is 2.14. The van der Waals surface area contributed by atoms with Gasteiger partial charge in [-0.15, -0.1) is 0 Å². The van der Waals surface area contributed by atoms with E-state index in [0.717, 1.165) is 0 Å². The molecule has 19 heavy (non-hydrogen) atoms. The van der Waals surface area contributed by atoms with Gasteiger partial charge in [0.25, 0.3) is 5.91 Å². The Morgan fingerprint density at radius 2 is 1.68 bits per heavy atom. The van der Waals surface area contributed by atoms with E-state index in [1.165, 1.54) is 0 Å². The van der Waals surface area contributed by atoms with Gasteiger partial charge in [-0.2, -0.15) is 0 Å². The van der Waals surface area contributed by atoms with Crippen LogP contribution in [0.5, 0.6) is 0 Å². The summed E-state index contributed by atoms with van der Waals surface area (Å²) in [4.78, 5) is 22.8. The maximum absolute atomic E-state index is 12.1. The van der Waals surface area contributed by atoms with Crippen LogP contribution in [0, 0.1) is 0 Å². The summed E-state index contributed by atoms with van der Waals surface area (Å²) >= 11 is 11.9. The van der Waals surface area contributed by atoms with Gasteiger partial charge in [-0.1, -0.05) is 41.4 Å². The molecule has 0 saturated heterocycles. The lowest BCUT2D eigenvalue weighted by Gasteiger charge is -2.08. The number of hydrogen-bond donors (Lipinski definition) is 1. The lowest BCUT2D eigenvalue weighted by atomic mass is 10.2. The number of carbonyl (C=O) groups excluding carboxylic acids is 2. The molecule has 3 nitrogen and oxygen atoms in total. The minimum atomic E-state index is -0.418. The van der Waals surface area contributed by atoms with Gasteiger partial charge >= 0.3 is 0 Å². The van der Waals surface area contributed by atoms with E-state index in [9.17, 15) is 9.59 Å². The van der Waals surface area contributed by atoms with Gasteiger partial charge in [0.1, 0.15) is 6.29 Å². The molecule has 0 bridgehead atoms. The number of aldehydes is 1. The summed E-state index contributed by atoms with van der Waals surface area (Å²) in [6, 6.07) is 11.4. The van der Waals surface area contributed by atoms with Crippen molar-refractivity contribution in [2.24, 2.45) is 0 Å². The Morgan fingerprint density at radius 3 is 2.32 bits per heavy atom. The van der Waals surface area contributed by atoms with E-state index in [1.54, 1.807) is 42.5 Å². The molecule has 0 radical (unpaired) electrons. The maximum Gasteiger partial charge on any atom is 0.258 e.